The molecule has 0 radical (unpaired) electrons. The summed E-state index contributed by atoms with van der Waals surface area (Å²) in [6, 6.07) is 0. The highest BCUT2D eigenvalue weighted by atomic mass is 32.2. The topological polar surface area (TPSA) is 58.6 Å². The van der Waals surface area contributed by atoms with Crippen LogP contribution in [0.2, 0.25) is 0 Å². The minimum absolute atomic E-state index is 0.192. The van der Waals surface area contributed by atoms with Crippen molar-refractivity contribution in [2.75, 3.05) is 18.8 Å². The Morgan fingerprint density at radius 3 is 2.31 bits per heavy atom. The van der Waals surface area contributed by atoms with Crippen molar-refractivity contribution in [2.24, 2.45) is 0 Å². The lowest BCUT2D eigenvalue weighted by atomic mass is 9.98. The first kappa shape index (κ1) is 11.1. The molecule has 0 spiro atoms. The molecule has 0 aromatic heterocycles. The molecule has 4 nitrogen and oxygen atoms in total. The molecule has 0 amide bonds. The third kappa shape index (κ3) is 3.34. The zero-order chi connectivity index (χ0) is 10.1. The number of hydrogen-bond donors (Lipinski definition) is 2. The number of rotatable bonds is 3. The fourth-order valence-electron chi connectivity index (χ4n) is 1.48. The van der Waals surface area contributed by atoms with Gasteiger partial charge < -0.3 is 14.6 Å². The maximum atomic E-state index is 10.7. The van der Waals surface area contributed by atoms with Gasteiger partial charge in [-0.05, 0) is 20.8 Å². The SMILES string of the molecule is CC(C)(C)OC1(CS(=O)O)CNC1. The van der Waals surface area contributed by atoms with E-state index in [9.17, 15) is 4.21 Å². The predicted octanol–water partition coefficient (Wildman–Crippen LogP) is 0.365. The zero-order valence-corrected chi connectivity index (χ0v) is 9.11. The molecular weight excluding hydrogens is 190 g/mol. The van der Waals surface area contributed by atoms with Crippen LogP contribution in [0.4, 0.5) is 0 Å². The van der Waals surface area contributed by atoms with Gasteiger partial charge in [0.25, 0.3) is 0 Å². The summed E-state index contributed by atoms with van der Waals surface area (Å²) in [6.45, 7) is 7.18. The van der Waals surface area contributed by atoms with Crippen molar-refractivity contribution < 1.29 is 13.5 Å². The molecule has 0 aromatic carbocycles. The second-order valence-electron chi connectivity index (χ2n) is 4.47. The standard InChI is InChI=1S/C8H17NO3S/c1-7(2,3)12-8(4-9-5-8)6-13(10)11/h9H,4-6H2,1-3H3,(H,10,11). The summed E-state index contributed by atoms with van der Waals surface area (Å²) in [5, 5.41) is 3.06. The van der Waals surface area contributed by atoms with E-state index < -0.39 is 16.7 Å². The molecule has 1 rings (SSSR count). The first-order valence-corrected chi connectivity index (χ1v) is 5.59. The van der Waals surface area contributed by atoms with Gasteiger partial charge in [-0.1, -0.05) is 0 Å². The minimum atomic E-state index is -1.78. The van der Waals surface area contributed by atoms with Crippen molar-refractivity contribution in [2.45, 2.75) is 32.0 Å². The van der Waals surface area contributed by atoms with Crippen LogP contribution in [-0.2, 0) is 15.8 Å². The van der Waals surface area contributed by atoms with Gasteiger partial charge in [0, 0.05) is 13.1 Å². The molecule has 78 valence electrons. The molecule has 2 N–H and O–H groups in total. The zero-order valence-electron chi connectivity index (χ0n) is 8.29. The van der Waals surface area contributed by atoms with Crippen LogP contribution in [0.5, 0.6) is 0 Å². The Morgan fingerprint density at radius 2 is 2.08 bits per heavy atom. The molecule has 1 aliphatic heterocycles. The van der Waals surface area contributed by atoms with Crippen molar-refractivity contribution in [1.29, 1.82) is 0 Å². The van der Waals surface area contributed by atoms with Gasteiger partial charge in [-0.15, -0.1) is 0 Å². The average molecular weight is 207 g/mol. The van der Waals surface area contributed by atoms with Crippen LogP contribution < -0.4 is 5.32 Å². The fourth-order valence-corrected chi connectivity index (χ4v) is 2.20. The van der Waals surface area contributed by atoms with Gasteiger partial charge in [0.2, 0.25) is 0 Å². The van der Waals surface area contributed by atoms with Crippen molar-refractivity contribution in [3.05, 3.63) is 0 Å². The molecule has 5 heteroatoms. The lowest BCUT2D eigenvalue weighted by Gasteiger charge is -2.45. The van der Waals surface area contributed by atoms with Gasteiger partial charge in [0.05, 0.1) is 11.4 Å². The van der Waals surface area contributed by atoms with E-state index in [4.69, 9.17) is 9.29 Å². The Labute approximate surface area is 81.3 Å². The molecular formula is C8H17NO3S. The number of ether oxygens (including phenoxy) is 1. The molecule has 13 heavy (non-hydrogen) atoms. The Morgan fingerprint density at radius 1 is 1.54 bits per heavy atom. The molecule has 1 unspecified atom stereocenters. The van der Waals surface area contributed by atoms with Crippen LogP contribution in [0.3, 0.4) is 0 Å². The Bertz CT molecular complexity index is 208. The second-order valence-corrected chi connectivity index (χ2v) is 5.40. The van der Waals surface area contributed by atoms with E-state index in [1.807, 2.05) is 20.8 Å². The summed E-state index contributed by atoms with van der Waals surface area (Å²) in [4.78, 5) is 0. The lowest BCUT2D eigenvalue weighted by molar-refractivity contribution is -0.143. The summed E-state index contributed by atoms with van der Waals surface area (Å²) in [6.07, 6.45) is 0. The Balaban J connectivity index is 2.55. The van der Waals surface area contributed by atoms with E-state index in [1.54, 1.807) is 0 Å². The van der Waals surface area contributed by atoms with E-state index in [2.05, 4.69) is 5.32 Å². The van der Waals surface area contributed by atoms with E-state index >= 15 is 0 Å². The quantitative estimate of drug-likeness (QED) is 0.656. The number of nitrogens with one attached hydrogen (secondary N) is 1. The van der Waals surface area contributed by atoms with Gasteiger partial charge in [-0.2, -0.15) is 0 Å². The van der Waals surface area contributed by atoms with Gasteiger partial charge >= 0.3 is 0 Å². The van der Waals surface area contributed by atoms with E-state index in [1.165, 1.54) is 0 Å². The summed E-state index contributed by atoms with van der Waals surface area (Å²) in [5.74, 6) is 0.192. The molecule has 0 bridgehead atoms. The second kappa shape index (κ2) is 3.65. The van der Waals surface area contributed by atoms with Crippen molar-refractivity contribution in [1.82, 2.24) is 5.32 Å². The smallest absolute Gasteiger partial charge is 0.155 e. The summed E-state index contributed by atoms with van der Waals surface area (Å²) < 4.78 is 25.3. The molecule has 1 aliphatic rings. The Hall–Kier alpha value is 0.0300. The molecule has 1 fully saturated rings. The normalized spacial score (nSPS) is 23.7. The molecule has 1 atom stereocenters. The van der Waals surface area contributed by atoms with Gasteiger partial charge in [-0.25, -0.2) is 4.21 Å². The summed E-state index contributed by atoms with van der Waals surface area (Å²) >= 11 is -1.78. The first-order valence-electron chi connectivity index (χ1n) is 4.31. The molecule has 0 aliphatic carbocycles. The number of hydrogen-bond acceptors (Lipinski definition) is 3. The van der Waals surface area contributed by atoms with Crippen LogP contribution >= 0.6 is 0 Å². The van der Waals surface area contributed by atoms with Crippen LogP contribution in [0.25, 0.3) is 0 Å². The van der Waals surface area contributed by atoms with Gasteiger partial charge in [-0.3, -0.25) is 0 Å². The van der Waals surface area contributed by atoms with Crippen LogP contribution in [0, 0.1) is 0 Å². The van der Waals surface area contributed by atoms with Gasteiger partial charge in [0.1, 0.15) is 5.60 Å². The van der Waals surface area contributed by atoms with E-state index in [-0.39, 0.29) is 11.4 Å². The Kier molecular flexibility index (Phi) is 3.12. The molecule has 1 saturated heterocycles. The average Bonchev–Trinajstić information content (AvgIpc) is 1.78. The van der Waals surface area contributed by atoms with E-state index in [0.29, 0.717) is 13.1 Å². The third-order valence-corrected chi connectivity index (χ3v) is 2.58. The third-order valence-electron chi connectivity index (χ3n) is 1.80. The van der Waals surface area contributed by atoms with Crippen molar-refractivity contribution in [3.63, 3.8) is 0 Å². The van der Waals surface area contributed by atoms with Crippen molar-refractivity contribution >= 4 is 11.1 Å². The molecule has 0 aromatic rings. The van der Waals surface area contributed by atoms with Crippen LogP contribution in [0.15, 0.2) is 0 Å². The molecule has 0 saturated carbocycles. The fraction of sp³-hybridized carbons (Fsp3) is 1.00. The highest BCUT2D eigenvalue weighted by Gasteiger charge is 2.42. The first-order chi connectivity index (χ1) is 5.83. The maximum Gasteiger partial charge on any atom is 0.155 e. The summed E-state index contributed by atoms with van der Waals surface area (Å²) in [7, 11) is 0. The minimum Gasteiger partial charge on any atom is -0.366 e. The maximum absolute atomic E-state index is 10.7. The largest absolute Gasteiger partial charge is 0.366 e. The van der Waals surface area contributed by atoms with Crippen LogP contribution in [0.1, 0.15) is 20.8 Å². The summed E-state index contributed by atoms with van der Waals surface area (Å²) in [5.41, 5.74) is -0.695. The highest BCUT2D eigenvalue weighted by molar-refractivity contribution is 7.79. The lowest BCUT2D eigenvalue weighted by Crippen LogP contribution is -2.65. The molecule has 1 heterocycles. The van der Waals surface area contributed by atoms with E-state index in [0.717, 1.165) is 0 Å². The highest BCUT2D eigenvalue weighted by Crippen LogP contribution is 2.24. The van der Waals surface area contributed by atoms with Crippen LogP contribution in [-0.4, -0.2) is 38.8 Å². The predicted molar refractivity (Wildman–Crippen MR) is 52.1 cm³/mol. The monoisotopic (exact) mass is 207 g/mol. The van der Waals surface area contributed by atoms with Crippen molar-refractivity contribution in [3.8, 4) is 0 Å². The van der Waals surface area contributed by atoms with Gasteiger partial charge in [0.15, 0.2) is 11.1 Å².